The Morgan fingerprint density at radius 1 is 1.33 bits per heavy atom. The summed E-state index contributed by atoms with van der Waals surface area (Å²) in [6, 6.07) is 8.29. The molecule has 0 aliphatic carbocycles. The molecule has 1 amide bonds. The van der Waals surface area contributed by atoms with E-state index in [4.69, 9.17) is 4.74 Å². The normalized spacial score (nSPS) is 10.2. The van der Waals surface area contributed by atoms with Crippen LogP contribution in [0.5, 0.6) is 5.75 Å². The third-order valence-electron chi connectivity index (χ3n) is 3.01. The van der Waals surface area contributed by atoms with Crippen molar-refractivity contribution in [3.8, 4) is 5.75 Å². The number of methoxy groups -OCH3 is 1. The number of aromatic nitrogens is 2. The van der Waals surface area contributed by atoms with Gasteiger partial charge in [0.25, 0.3) is 11.5 Å². The van der Waals surface area contributed by atoms with Crippen molar-refractivity contribution in [2.45, 2.75) is 13.5 Å². The van der Waals surface area contributed by atoms with E-state index in [2.05, 4.69) is 10.3 Å². The molecule has 0 fully saturated rings. The zero-order valence-electron chi connectivity index (χ0n) is 12.0. The van der Waals surface area contributed by atoms with Crippen molar-refractivity contribution in [2.24, 2.45) is 0 Å². The number of aryl methyl sites for hydroxylation is 1. The number of carbonyl (C=O) groups excluding carboxylic acids is 1. The predicted molar refractivity (Wildman–Crippen MR) is 78.6 cm³/mol. The number of carbonyl (C=O) groups is 1. The molecule has 1 N–H and O–H groups in total. The minimum Gasteiger partial charge on any atom is -0.497 e. The summed E-state index contributed by atoms with van der Waals surface area (Å²) >= 11 is 0. The summed E-state index contributed by atoms with van der Waals surface area (Å²) in [5.41, 5.74) is 1.10. The molecule has 0 atom stereocenters. The highest BCUT2D eigenvalue weighted by atomic mass is 16.5. The maximum atomic E-state index is 11.9. The van der Waals surface area contributed by atoms with Gasteiger partial charge in [0.05, 0.1) is 13.4 Å². The van der Waals surface area contributed by atoms with Crippen molar-refractivity contribution in [1.29, 1.82) is 0 Å². The smallest absolute Gasteiger partial charge is 0.253 e. The Hall–Kier alpha value is -2.63. The van der Waals surface area contributed by atoms with Gasteiger partial charge >= 0.3 is 0 Å². The van der Waals surface area contributed by atoms with Crippen LogP contribution in [0.25, 0.3) is 0 Å². The molecule has 0 bridgehead atoms. The molecule has 1 aromatic carbocycles. The summed E-state index contributed by atoms with van der Waals surface area (Å²) in [6.07, 6.45) is 1.48. The van der Waals surface area contributed by atoms with Crippen molar-refractivity contribution in [3.63, 3.8) is 0 Å². The van der Waals surface area contributed by atoms with E-state index >= 15 is 0 Å². The van der Waals surface area contributed by atoms with Crippen LogP contribution in [-0.4, -0.2) is 29.1 Å². The van der Waals surface area contributed by atoms with Gasteiger partial charge in [0.2, 0.25) is 0 Å². The highest BCUT2D eigenvalue weighted by Gasteiger charge is 2.05. The van der Waals surface area contributed by atoms with E-state index in [1.165, 1.54) is 17.0 Å². The van der Waals surface area contributed by atoms with Crippen molar-refractivity contribution in [2.75, 3.05) is 13.7 Å². The molecule has 21 heavy (non-hydrogen) atoms. The quantitative estimate of drug-likeness (QED) is 0.890. The Labute approximate surface area is 122 Å². The van der Waals surface area contributed by atoms with Crippen LogP contribution in [0.4, 0.5) is 0 Å². The van der Waals surface area contributed by atoms with Gasteiger partial charge in [-0.2, -0.15) is 0 Å². The third kappa shape index (κ3) is 3.92. The molecular formula is C15H17N3O3. The number of amides is 1. The fraction of sp³-hybridized carbons (Fsp3) is 0.267. The van der Waals surface area contributed by atoms with Gasteiger partial charge in [-0.3, -0.25) is 14.2 Å². The summed E-state index contributed by atoms with van der Waals surface area (Å²) in [6.45, 7) is 2.50. The Bertz CT molecular complexity index is 677. The SMILES string of the molecule is COc1ccc(C(=O)NCCn2cnc(C)cc2=O)cc1. The first-order valence-electron chi connectivity index (χ1n) is 6.55. The van der Waals surface area contributed by atoms with Gasteiger partial charge in [-0.05, 0) is 31.2 Å². The Kier molecular flexibility index (Phi) is 4.71. The monoisotopic (exact) mass is 287 g/mol. The zero-order chi connectivity index (χ0) is 15.2. The molecule has 6 nitrogen and oxygen atoms in total. The number of hydrogen-bond acceptors (Lipinski definition) is 4. The summed E-state index contributed by atoms with van der Waals surface area (Å²) in [7, 11) is 1.57. The van der Waals surface area contributed by atoms with Gasteiger partial charge in [0.1, 0.15) is 5.75 Å². The van der Waals surface area contributed by atoms with E-state index in [-0.39, 0.29) is 11.5 Å². The van der Waals surface area contributed by atoms with Crippen molar-refractivity contribution >= 4 is 5.91 Å². The number of nitrogens with one attached hydrogen (secondary N) is 1. The molecule has 2 aromatic rings. The first-order chi connectivity index (χ1) is 10.1. The van der Waals surface area contributed by atoms with Gasteiger partial charge in [0.15, 0.2) is 0 Å². The molecular weight excluding hydrogens is 270 g/mol. The van der Waals surface area contributed by atoms with Crippen LogP contribution in [0, 0.1) is 6.92 Å². The van der Waals surface area contributed by atoms with Crippen LogP contribution in [0.3, 0.4) is 0 Å². The number of benzene rings is 1. The van der Waals surface area contributed by atoms with E-state index in [1.807, 2.05) is 0 Å². The molecule has 2 rings (SSSR count). The topological polar surface area (TPSA) is 73.2 Å². The Balaban J connectivity index is 1.90. The van der Waals surface area contributed by atoms with Crippen LogP contribution in [0.2, 0.25) is 0 Å². The van der Waals surface area contributed by atoms with E-state index in [0.717, 1.165) is 0 Å². The molecule has 0 saturated heterocycles. The summed E-state index contributed by atoms with van der Waals surface area (Å²) in [4.78, 5) is 27.6. The second kappa shape index (κ2) is 6.69. The Morgan fingerprint density at radius 2 is 2.05 bits per heavy atom. The fourth-order valence-electron chi connectivity index (χ4n) is 1.82. The van der Waals surface area contributed by atoms with E-state index in [1.54, 1.807) is 38.3 Å². The summed E-state index contributed by atoms with van der Waals surface area (Å²) < 4.78 is 6.49. The molecule has 0 unspecified atom stereocenters. The largest absolute Gasteiger partial charge is 0.497 e. The molecule has 1 aromatic heterocycles. The standard InChI is InChI=1S/C15H17N3O3/c1-11-9-14(19)18(10-17-11)8-7-16-15(20)12-3-5-13(21-2)6-4-12/h3-6,9-10H,7-8H2,1-2H3,(H,16,20). The predicted octanol–water partition coefficient (Wildman–Crippen LogP) is 0.990. The van der Waals surface area contributed by atoms with Crippen LogP contribution in [0.1, 0.15) is 16.1 Å². The fourth-order valence-corrected chi connectivity index (χ4v) is 1.82. The minimum atomic E-state index is -0.189. The Morgan fingerprint density at radius 3 is 2.67 bits per heavy atom. The minimum absolute atomic E-state index is 0.124. The van der Waals surface area contributed by atoms with Gasteiger partial charge in [-0.15, -0.1) is 0 Å². The lowest BCUT2D eigenvalue weighted by molar-refractivity contribution is 0.0952. The number of ether oxygens (including phenoxy) is 1. The summed E-state index contributed by atoms with van der Waals surface area (Å²) in [5, 5.41) is 2.76. The van der Waals surface area contributed by atoms with Crippen molar-refractivity contribution in [1.82, 2.24) is 14.9 Å². The average Bonchev–Trinajstić information content (AvgIpc) is 2.49. The molecule has 0 saturated carbocycles. The molecule has 110 valence electrons. The van der Waals surface area contributed by atoms with Crippen molar-refractivity contribution < 1.29 is 9.53 Å². The van der Waals surface area contributed by atoms with E-state index in [9.17, 15) is 9.59 Å². The van der Waals surface area contributed by atoms with Crippen LogP contribution >= 0.6 is 0 Å². The second-order valence-corrected chi connectivity index (χ2v) is 4.55. The molecule has 6 heteroatoms. The maximum Gasteiger partial charge on any atom is 0.253 e. The van der Waals surface area contributed by atoms with Crippen LogP contribution in [-0.2, 0) is 6.54 Å². The lowest BCUT2D eigenvalue weighted by Gasteiger charge is -2.08. The molecule has 0 aliphatic rings. The molecule has 1 heterocycles. The third-order valence-corrected chi connectivity index (χ3v) is 3.01. The highest BCUT2D eigenvalue weighted by molar-refractivity contribution is 5.94. The average molecular weight is 287 g/mol. The number of rotatable bonds is 5. The first-order valence-corrected chi connectivity index (χ1v) is 6.55. The lowest BCUT2D eigenvalue weighted by Crippen LogP contribution is -2.30. The number of hydrogen-bond donors (Lipinski definition) is 1. The van der Waals surface area contributed by atoms with E-state index < -0.39 is 0 Å². The van der Waals surface area contributed by atoms with E-state index in [0.29, 0.717) is 30.1 Å². The van der Waals surface area contributed by atoms with Gasteiger partial charge < -0.3 is 10.1 Å². The summed E-state index contributed by atoms with van der Waals surface area (Å²) in [5.74, 6) is 0.509. The van der Waals surface area contributed by atoms with Crippen LogP contribution < -0.4 is 15.6 Å². The highest BCUT2D eigenvalue weighted by Crippen LogP contribution is 2.10. The van der Waals surface area contributed by atoms with Gasteiger partial charge in [-0.1, -0.05) is 0 Å². The maximum absolute atomic E-state index is 11.9. The lowest BCUT2D eigenvalue weighted by atomic mass is 10.2. The zero-order valence-corrected chi connectivity index (χ0v) is 12.0. The second-order valence-electron chi connectivity index (χ2n) is 4.55. The van der Waals surface area contributed by atoms with Crippen LogP contribution in [0.15, 0.2) is 41.5 Å². The first kappa shape index (κ1) is 14.8. The molecule has 0 radical (unpaired) electrons. The van der Waals surface area contributed by atoms with Gasteiger partial charge in [0, 0.05) is 30.4 Å². The van der Waals surface area contributed by atoms with Crippen molar-refractivity contribution in [3.05, 3.63) is 58.3 Å². The van der Waals surface area contributed by atoms with Gasteiger partial charge in [-0.25, -0.2) is 4.98 Å². The molecule has 0 spiro atoms. The molecule has 0 aliphatic heterocycles. The number of nitrogens with zero attached hydrogens (tertiary/aromatic N) is 2.